The lowest BCUT2D eigenvalue weighted by Gasteiger charge is -2.28. The highest BCUT2D eigenvalue weighted by atomic mass is 32.2. The Bertz CT molecular complexity index is 889. The Morgan fingerprint density at radius 2 is 1.71 bits per heavy atom. The number of halogens is 2. The van der Waals surface area contributed by atoms with Crippen molar-refractivity contribution in [2.24, 2.45) is 0 Å². The third kappa shape index (κ3) is 2.49. The fourth-order valence-corrected chi connectivity index (χ4v) is 3.83. The molecule has 4 nitrogen and oxygen atoms in total. The normalized spacial score (nSPS) is 15.2. The van der Waals surface area contributed by atoms with E-state index in [-0.39, 0.29) is 5.52 Å². The lowest BCUT2D eigenvalue weighted by molar-refractivity contribution is 0.399. The molecule has 0 aliphatic carbocycles. The van der Waals surface area contributed by atoms with Gasteiger partial charge in [0.15, 0.2) is 17.4 Å². The van der Waals surface area contributed by atoms with Gasteiger partial charge in [0.2, 0.25) is 0 Å². The van der Waals surface area contributed by atoms with E-state index in [0.29, 0.717) is 11.1 Å². The predicted octanol–water partition coefficient (Wildman–Crippen LogP) is 3.56. The lowest BCUT2D eigenvalue weighted by atomic mass is 10.2. The summed E-state index contributed by atoms with van der Waals surface area (Å²) in [5.41, 5.74) is 1.84. The zero-order valence-electron chi connectivity index (χ0n) is 12.7. The van der Waals surface area contributed by atoms with Gasteiger partial charge >= 0.3 is 0 Å². The summed E-state index contributed by atoms with van der Waals surface area (Å²) in [7, 11) is 0. The summed E-state index contributed by atoms with van der Waals surface area (Å²) < 4.78 is 29.1. The van der Waals surface area contributed by atoms with Crippen molar-refractivity contribution in [2.45, 2.75) is 0 Å². The summed E-state index contributed by atoms with van der Waals surface area (Å²) in [6, 6.07) is 8.73. The Morgan fingerprint density at radius 3 is 2.42 bits per heavy atom. The summed E-state index contributed by atoms with van der Waals surface area (Å²) in [5, 5.41) is 13.9. The number of aromatic nitrogens is 2. The van der Waals surface area contributed by atoms with Crippen LogP contribution in [0.4, 0.5) is 14.5 Å². The van der Waals surface area contributed by atoms with Crippen LogP contribution in [0.5, 0.6) is 5.75 Å². The van der Waals surface area contributed by atoms with E-state index in [1.807, 2.05) is 36.0 Å². The first-order valence-electron chi connectivity index (χ1n) is 7.63. The molecule has 124 valence electrons. The molecule has 0 bridgehead atoms. The quantitative estimate of drug-likeness (QED) is 0.770. The number of phenolic OH excluding ortho intramolecular Hbond substituents is 1. The maximum absolute atomic E-state index is 14.2. The third-order valence-corrected chi connectivity index (χ3v) is 5.13. The van der Waals surface area contributed by atoms with Gasteiger partial charge < -0.3 is 10.0 Å². The molecule has 0 unspecified atom stereocenters. The Hall–Kier alpha value is -2.28. The first-order chi connectivity index (χ1) is 11.6. The molecule has 2 aromatic carbocycles. The van der Waals surface area contributed by atoms with Crippen LogP contribution in [0, 0.1) is 11.6 Å². The third-order valence-electron chi connectivity index (χ3n) is 4.19. The summed E-state index contributed by atoms with van der Waals surface area (Å²) in [6.07, 6.45) is 1.39. The molecule has 0 atom stereocenters. The van der Waals surface area contributed by atoms with Crippen LogP contribution in [0.2, 0.25) is 0 Å². The van der Waals surface area contributed by atoms with Crippen LogP contribution in [-0.4, -0.2) is 39.5 Å². The number of hydrogen-bond donors (Lipinski definition) is 1. The second-order valence-electron chi connectivity index (χ2n) is 5.63. The van der Waals surface area contributed by atoms with E-state index in [4.69, 9.17) is 0 Å². The van der Waals surface area contributed by atoms with Gasteiger partial charge in [-0.15, -0.1) is 0 Å². The molecule has 1 saturated heterocycles. The first kappa shape index (κ1) is 15.3. The maximum atomic E-state index is 14.2. The summed E-state index contributed by atoms with van der Waals surface area (Å²) in [4.78, 5) is 2.31. The molecule has 24 heavy (non-hydrogen) atoms. The van der Waals surface area contributed by atoms with Crippen LogP contribution in [0.3, 0.4) is 0 Å². The number of aromatic hydroxyl groups is 1. The average molecular weight is 347 g/mol. The minimum Gasteiger partial charge on any atom is -0.503 e. The highest BCUT2D eigenvalue weighted by Crippen LogP contribution is 2.30. The number of fused-ring (bicyclic) bond motifs is 1. The SMILES string of the molecule is Oc1c(F)cc2cnn(-c3ccc(N4CCSCC4)cc3)c2c1F. The van der Waals surface area contributed by atoms with Crippen molar-refractivity contribution >= 4 is 28.4 Å². The van der Waals surface area contributed by atoms with E-state index in [1.54, 1.807) is 0 Å². The number of rotatable bonds is 2. The number of hydrogen-bond acceptors (Lipinski definition) is 4. The highest BCUT2D eigenvalue weighted by molar-refractivity contribution is 7.99. The number of phenols is 1. The second-order valence-corrected chi connectivity index (χ2v) is 6.86. The molecule has 2 heterocycles. The molecule has 0 radical (unpaired) electrons. The molecule has 1 aliphatic rings. The Labute approximate surface area is 141 Å². The van der Waals surface area contributed by atoms with Gasteiger partial charge in [0.1, 0.15) is 5.52 Å². The number of thioether (sulfide) groups is 1. The Morgan fingerprint density at radius 1 is 1.04 bits per heavy atom. The van der Waals surface area contributed by atoms with Gasteiger partial charge in [-0.3, -0.25) is 0 Å². The van der Waals surface area contributed by atoms with Gasteiger partial charge in [-0.2, -0.15) is 16.9 Å². The van der Waals surface area contributed by atoms with E-state index < -0.39 is 17.4 Å². The molecular formula is C17H15F2N3OS. The average Bonchev–Trinajstić information content (AvgIpc) is 3.04. The molecule has 1 aliphatic heterocycles. The van der Waals surface area contributed by atoms with Crippen LogP contribution in [0.25, 0.3) is 16.6 Å². The minimum absolute atomic E-state index is 0.0658. The maximum Gasteiger partial charge on any atom is 0.194 e. The molecule has 0 spiro atoms. The van der Waals surface area contributed by atoms with Gasteiger partial charge in [0, 0.05) is 35.7 Å². The fourth-order valence-electron chi connectivity index (χ4n) is 2.93. The predicted molar refractivity (Wildman–Crippen MR) is 92.2 cm³/mol. The van der Waals surface area contributed by atoms with Crippen LogP contribution in [-0.2, 0) is 0 Å². The van der Waals surface area contributed by atoms with Gasteiger partial charge in [0.05, 0.1) is 11.9 Å². The summed E-state index contributed by atoms with van der Waals surface area (Å²) >= 11 is 1.95. The molecule has 7 heteroatoms. The van der Waals surface area contributed by atoms with Crippen LogP contribution in [0.1, 0.15) is 0 Å². The Balaban J connectivity index is 1.74. The van der Waals surface area contributed by atoms with E-state index in [1.165, 1.54) is 10.9 Å². The standard InChI is InChI=1S/C17H15F2N3OS/c18-14-9-11-10-20-22(16(11)15(19)17(14)23)13-3-1-12(2-4-13)21-5-7-24-8-6-21/h1-4,9-10,23H,5-8H2. The molecule has 4 rings (SSSR count). The Kier molecular flexibility index (Phi) is 3.80. The van der Waals surface area contributed by atoms with E-state index in [2.05, 4.69) is 10.00 Å². The smallest absolute Gasteiger partial charge is 0.194 e. The monoisotopic (exact) mass is 347 g/mol. The molecule has 0 amide bonds. The van der Waals surface area contributed by atoms with E-state index in [0.717, 1.165) is 36.3 Å². The van der Waals surface area contributed by atoms with Crippen molar-refractivity contribution in [3.05, 3.63) is 48.2 Å². The van der Waals surface area contributed by atoms with Crippen molar-refractivity contribution in [1.82, 2.24) is 9.78 Å². The van der Waals surface area contributed by atoms with Crippen molar-refractivity contribution < 1.29 is 13.9 Å². The zero-order valence-corrected chi connectivity index (χ0v) is 13.6. The summed E-state index contributed by atoms with van der Waals surface area (Å²) in [6.45, 7) is 2.02. The molecule has 1 fully saturated rings. The van der Waals surface area contributed by atoms with Crippen molar-refractivity contribution in [3.63, 3.8) is 0 Å². The second kappa shape index (κ2) is 5.98. The molecule has 3 aromatic rings. The van der Waals surface area contributed by atoms with Crippen LogP contribution < -0.4 is 4.90 Å². The van der Waals surface area contributed by atoms with Crippen molar-refractivity contribution in [1.29, 1.82) is 0 Å². The number of nitrogens with zero attached hydrogens (tertiary/aromatic N) is 3. The van der Waals surface area contributed by atoms with Gasteiger partial charge in [-0.1, -0.05) is 0 Å². The molecule has 0 saturated carbocycles. The van der Waals surface area contributed by atoms with E-state index in [9.17, 15) is 13.9 Å². The van der Waals surface area contributed by atoms with Crippen LogP contribution >= 0.6 is 11.8 Å². The lowest BCUT2D eigenvalue weighted by Crippen LogP contribution is -2.32. The van der Waals surface area contributed by atoms with E-state index >= 15 is 0 Å². The fraction of sp³-hybridized carbons (Fsp3) is 0.235. The molecule has 1 aromatic heterocycles. The molecule has 1 N–H and O–H groups in total. The van der Waals surface area contributed by atoms with Gasteiger partial charge in [-0.05, 0) is 30.3 Å². The number of benzene rings is 2. The first-order valence-corrected chi connectivity index (χ1v) is 8.78. The molecular weight excluding hydrogens is 332 g/mol. The van der Waals surface area contributed by atoms with Gasteiger partial charge in [0.25, 0.3) is 0 Å². The summed E-state index contributed by atoms with van der Waals surface area (Å²) in [5.74, 6) is -0.743. The van der Waals surface area contributed by atoms with Crippen molar-refractivity contribution in [2.75, 3.05) is 29.5 Å². The van der Waals surface area contributed by atoms with Gasteiger partial charge in [-0.25, -0.2) is 13.5 Å². The minimum atomic E-state index is -1.00. The van der Waals surface area contributed by atoms with Crippen LogP contribution in [0.15, 0.2) is 36.5 Å². The van der Waals surface area contributed by atoms with Crippen molar-refractivity contribution in [3.8, 4) is 11.4 Å². The zero-order chi connectivity index (χ0) is 16.7. The highest BCUT2D eigenvalue weighted by Gasteiger charge is 2.18. The largest absolute Gasteiger partial charge is 0.503 e. The topological polar surface area (TPSA) is 41.3 Å². The number of anilines is 1.